The van der Waals surface area contributed by atoms with Crippen molar-refractivity contribution in [2.24, 2.45) is 29.4 Å². The number of carbonyl (C=O) groups is 1. The number of nitrogens with zero attached hydrogens (tertiary/aromatic N) is 2. The second kappa shape index (κ2) is 10.3. The molecule has 1 heterocycles. The molecule has 25 heavy (non-hydrogen) atoms. The van der Waals surface area contributed by atoms with Gasteiger partial charge in [-0.1, -0.05) is 13.3 Å². The molecule has 0 aromatic heterocycles. The molecule has 1 amide bonds. The second-order valence-corrected chi connectivity index (χ2v) is 8.32. The van der Waals surface area contributed by atoms with E-state index < -0.39 is 0 Å². The number of fused-ring (bicyclic) bond motifs is 2. The maximum atomic E-state index is 12.9. The molecule has 4 nitrogen and oxygen atoms in total. The molecule has 1 aliphatic heterocycles. The number of unbranched alkanes of at least 4 members (excludes halogenated alkanes) is 1. The molecule has 4 unspecified atom stereocenters. The number of piperidine rings is 1. The van der Waals surface area contributed by atoms with Crippen molar-refractivity contribution >= 4 is 30.7 Å². The Kier molecular flexibility index (Phi) is 9.52. The average Bonchev–Trinajstić information content (AvgIpc) is 3.14. The van der Waals surface area contributed by atoms with Crippen molar-refractivity contribution in [1.82, 2.24) is 9.80 Å². The number of amides is 1. The largest absolute Gasteiger partial charge is 0.342 e. The number of rotatable bonds is 6. The van der Waals surface area contributed by atoms with Crippen LogP contribution in [0.5, 0.6) is 0 Å². The van der Waals surface area contributed by atoms with Crippen molar-refractivity contribution < 1.29 is 4.79 Å². The van der Waals surface area contributed by atoms with Crippen LogP contribution in [0.3, 0.4) is 0 Å². The van der Waals surface area contributed by atoms with Crippen LogP contribution in [-0.2, 0) is 4.79 Å². The van der Waals surface area contributed by atoms with E-state index in [0.717, 1.165) is 31.8 Å². The van der Waals surface area contributed by atoms with Gasteiger partial charge in [0.2, 0.25) is 5.91 Å². The van der Waals surface area contributed by atoms with E-state index in [1.807, 2.05) is 0 Å². The van der Waals surface area contributed by atoms with E-state index in [9.17, 15) is 4.79 Å². The molecule has 3 aliphatic rings. The van der Waals surface area contributed by atoms with E-state index in [1.165, 1.54) is 45.2 Å². The molecule has 6 heteroatoms. The highest BCUT2D eigenvalue weighted by atomic mass is 35.5. The first-order chi connectivity index (χ1) is 11.1. The predicted octanol–water partition coefficient (Wildman–Crippen LogP) is 3.17. The summed E-state index contributed by atoms with van der Waals surface area (Å²) < 4.78 is 0. The van der Waals surface area contributed by atoms with Gasteiger partial charge in [0.05, 0.1) is 5.92 Å². The third-order valence-electron chi connectivity index (χ3n) is 6.66. The van der Waals surface area contributed by atoms with E-state index in [1.54, 1.807) is 0 Å². The predicted molar refractivity (Wildman–Crippen MR) is 109 cm³/mol. The van der Waals surface area contributed by atoms with Gasteiger partial charge in [-0.05, 0) is 69.9 Å². The molecule has 2 N–H and O–H groups in total. The molecule has 2 aliphatic carbocycles. The van der Waals surface area contributed by atoms with Crippen LogP contribution in [0.1, 0.15) is 51.9 Å². The minimum atomic E-state index is 0. The summed E-state index contributed by atoms with van der Waals surface area (Å²) in [6, 6.07) is 0.138. The first kappa shape index (κ1) is 23.0. The zero-order valence-corrected chi connectivity index (χ0v) is 17.5. The summed E-state index contributed by atoms with van der Waals surface area (Å²) in [5.74, 6) is 2.48. The number of nitrogens with two attached hydrogens (primary N) is 1. The second-order valence-electron chi connectivity index (χ2n) is 8.32. The summed E-state index contributed by atoms with van der Waals surface area (Å²) in [6.07, 6.45) is 8.57. The summed E-state index contributed by atoms with van der Waals surface area (Å²) >= 11 is 0. The van der Waals surface area contributed by atoms with Crippen molar-refractivity contribution in [2.75, 3.05) is 33.2 Å². The highest BCUT2D eigenvalue weighted by Crippen LogP contribution is 2.48. The van der Waals surface area contributed by atoms with Crippen LogP contribution in [0.25, 0.3) is 0 Å². The summed E-state index contributed by atoms with van der Waals surface area (Å²) in [5.41, 5.74) is 6.36. The maximum absolute atomic E-state index is 12.9. The lowest BCUT2D eigenvalue weighted by Gasteiger charge is -2.37. The zero-order chi connectivity index (χ0) is 16.4. The standard InChI is InChI=1S/C19H35N3O.2ClH/c1-3-4-9-21(2)13-14-7-10-22(11-8-14)19(23)17-15-5-6-16(12-15)18(17)20;;/h14-18H,3-13,20H2,1-2H3;2*1H. The Balaban J connectivity index is 0.00000156. The first-order valence-corrected chi connectivity index (χ1v) is 9.83. The molecule has 0 radical (unpaired) electrons. The smallest absolute Gasteiger partial charge is 0.227 e. The Bertz CT molecular complexity index is 413. The Labute approximate surface area is 166 Å². The van der Waals surface area contributed by atoms with Crippen LogP contribution in [0, 0.1) is 23.7 Å². The fourth-order valence-corrected chi connectivity index (χ4v) is 5.21. The Morgan fingerprint density at radius 1 is 1.12 bits per heavy atom. The molecule has 2 bridgehead atoms. The Morgan fingerprint density at radius 2 is 1.76 bits per heavy atom. The molecule has 3 fully saturated rings. The van der Waals surface area contributed by atoms with Gasteiger partial charge in [-0.3, -0.25) is 4.79 Å². The van der Waals surface area contributed by atoms with E-state index in [2.05, 4.69) is 23.8 Å². The van der Waals surface area contributed by atoms with E-state index in [-0.39, 0.29) is 36.8 Å². The van der Waals surface area contributed by atoms with Crippen molar-refractivity contribution in [1.29, 1.82) is 0 Å². The van der Waals surface area contributed by atoms with Crippen LogP contribution in [0.15, 0.2) is 0 Å². The van der Waals surface area contributed by atoms with Crippen LogP contribution >= 0.6 is 24.8 Å². The zero-order valence-electron chi connectivity index (χ0n) is 15.9. The minimum Gasteiger partial charge on any atom is -0.342 e. The number of hydrogen-bond donors (Lipinski definition) is 1. The van der Waals surface area contributed by atoms with Crippen molar-refractivity contribution in [2.45, 2.75) is 57.9 Å². The molecule has 4 atom stereocenters. The van der Waals surface area contributed by atoms with E-state index >= 15 is 0 Å². The van der Waals surface area contributed by atoms with Crippen LogP contribution in [0.2, 0.25) is 0 Å². The van der Waals surface area contributed by atoms with Crippen molar-refractivity contribution in [3.63, 3.8) is 0 Å². The van der Waals surface area contributed by atoms with Crippen molar-refractivity contribution in [3.8, 4) is 0 Å². The molecule has 148 valence electrons. The van der Waals surface area contributed by atoms with Gasteiger partial charge in [-0.25, -0.2) is 0 Å². The lowest BCUT2D eigenvalue weighted by Crippen LogP contribution is -2.49. The van der Waals surface area contributed by atoms with Gasteiger partial charge in [-0.15, -0.1) is 24.8 Å². The Hall–Kier alpha value is -0.0300. The molecule has 1 saturated heterocycles. The summed E-state index contributed by atoms with van der Waals surface area (Å²) in [7, 11) is 2.24. The number of carbonyl (C=O) groups excluding carboxylic acids is 1. The average molecular weight is 394 g/mol. The molecular weight excluding hydrogens is 357 g/mol. The minimum absolute atomic E-state index is 0. The van der Waals surface area contributed by atoms with Crippen LogP contribution in [0.4, 0.5) is 0 Å². The SMILES string of the molecule is CCCCN(C)CC1CCN(C(=O)C2C3CCC(C3)C2N)CC1.Cl.Cl. The lowest BCUT2D eigenvalue weighted by atomic mass is 9.83. The highest BCUT2D eigenvalue weighted by Gasteiger charge is 2.50. The van der Waals surface area contributed by atoms with E-state index in [0.29, 0.717) is 17.7 Å². The topological polar surface area (TPSA) is 49.6 Å². The quantitative estimate of drug-likeness (QED) is 0.753. The monoisotopic (exact) mass is 393 g/mol. The maximum Gasteiger partial charge on any atom is 0.227 e. The van der Waals surface area contributed by atoms with Gasteiger partial charge in [0.15, 0.2) is 0 Å². The molecule has 0 aromatic rings. The van der Waals surface area contributed by atoms with Gasteiger partial charge < -0.3 is 15.5 Å². The summed E-state index contributed by atoms with van der Waals surface area (Å²) in [6.45, 7) is 6.54. The Morgan fingerprint density at radius 3 is 2.32 bits per heavy atom. The third-order valence-corrected chi connectivity index (χ3v) is 6.66. The van der Waals surface area contributed by atoms with Crippen molar-refractivity contribution in [3.05, 3.63) is 0 Å². The highest BCUT2D eigenvalue weighted by molar-refractivity contribution is 5.85. The summed E-state index contributed by atoms with van der Waals surface area (Å²) in [5, 5.41) is 0. The lowest BCUT2D eigenvalue weighted by molar-refractivity contribution is -0.139. The van der Waals surface area contributed by atoms with Gasteiger partial charge >= 0.3 is 0 Å². The van der Waals surface area contributed by atoms with Crippen LogP contribution in [-0.4, -0.2) is 55.0 Å². The molecular formula is C19H37Cl2N3O. The normalized spacial score (nSPS) is 31.8. The number of halogens is 2. The molecule has 0 aromatic carbocycles. The first-order valence-electron chi connectivity index (χ1n) is 9.83. The number of likely N-dealkylation sites (tertiary alicyclic amines) is 1. The third kappa shape index (κ3) is 5.24. The summed E-state index contributed by atoms with van der Waals surface area (Å²) in [4.78, 5) is 17.5. The van der Waals surface area contributed by atoms with Gasteiger partial charge in [0.25, 0.3) is 0 Å². The fraction of sp³-hybridized carbons (Fsp3) is 0.947. The fourth-order valence-electron chi connectivity index (χ4n) is 5.21. The van der Waals surface area contributed by atoms with Gasteiger partial charge in [0.1, 0.15) is 0 Å². The van der Waals surface area contributed by atoms with E-state index in [4.69, 9.17) is 5.73 Å². The molecule has 0 spiro atoms. The molecule has 3 rings (SSSR count). The van der Waals surface area contributed by atoms with Gasteiger partial charge in [0, 0.05) is 25.7 Å². The van der Waals surface area contributed by atoms with Crippen LogP contribution < -0.4 is 5.73 Å². The number of hydrogen-bond acceptors (Lipinski definition) is 3. The van der Waals surface area contributed by atoms with Gasteiger partial charge in [-0.2, -0.15) is 0 Å². The molecule has 2 saturated carbocycles.